The van der Waals surface area contributed by atoms with Gasteiger partial charge in [-0.25, -0.2) is 4.98 Å². The lowest BCUT2D eigenvalue weighted by atomic mass is 10.2. The van der Waals surface area contributed by atoms with Gasteiger partial charge in [0.1, 0.15) is 11.4 Å². The van der Waals surface area contributed by atoms with Crippen LogP contribution in [-0.4, -0.2) is 15.9 Å². The number of anilines is 1. The van der Waals surface area contributed by atoms with E-state index in [0.29, 0.717) is 23.1 Å². The Labute approximate surface area is 175 Å². The number of nitrogens with one attached hydrogen (secondary N) is 2. The molecule has 2 N–H and O–H groups in total. The molecule has 0 aliphatic heterocycles. The van der Waals surface area contributed by atoms with Crippen LogP contribution in [0, 0.1) is 6.92 Å². The van der Waals surface area contributed by atoms with Crippen molar-refractivity contribution >= 4 is 39.3 Å². The zero-order valence-electron chi connectivity index (χ0n) is 15.2. The third-order valence-corrected chi connectivity index (χ3v) is 6.02. The van der Waals surface area contributed by atoms with Crippen molar-refractivity contribution in [3.05, 3.63) is 80.4 Å². The average Bonchev–Trinajstić information content (AvgIpc) is 3.50. The molecular weight excluding hydrogens is 438 g/mol. The van der Waals surface area contributed by atoms with E-state index in [9.17, 15) is 9.59 Å². The van der Waals surface area contributed by atoms with Gasteiger partial charge in [-0.05, 0) is 68.3 Å². The fourth-order valence-corrected chi connectivity index (χ4v) is 3.94. The summed E-state index contributed by atoms with van der Waals surface area (Å²) >= 11 is 5.06. The van der Waals surface area contributed by atoms with Crippen LogP contribution in [0.3, 0.4) is 0 Å². The number of amides is 1. The minimum Gasteiger partial charge on any atom is -0.322 e. The van der Waals surface area contributed by atoms with Crippen LogP contribution in [0.25, 0.3) is 0 Å². The van der Waals surface area contributed by atoms with Gasteiger partial charge in [-0.1, -0.05) is 27.7 Å². The van der Waals surface area contributed by atoms with Gasteiger partial charge in [0.25, 0.3) is 11.5 Å². The fourth-order valence-electron chi connectivity index (χ4n) is 2.86. The van der Waals surface area contributed by atoms with E-state index in [1.807, 2.05) is 48.5 Å². The molecule has 4 rings (SSSR count). The molecule has 0 unspecified atom stereocenters. The lowest BCUT2D eigenvalue weighted by Gasteiger charge is -2.09. The third kappa shape index (κ3) is 4.36. The first-order valence-corrected chi connectivity index (χ1v) is 10.6. The van der Waals surface area contributed by atoms with Gasteiger partial charge in [-0.3, -0.25) is 9.59 Å². The van der Waals surface area contributed by atoms with Crippen LogP contribution < -0.4 is 10.9 Å². The summed E-state index contributed by atoms with van der Waals surface area (Å²) in [4.78, 5) is 34.3. The molecule has 1 amide bonds. The molecule has 1 aromatic heterocycles. The molecule has 0 radical (unpaired) electrons. The Balaban J connectivity index is 1.46. The Morgan fingerprint density at radius 3 is 2.29 bits per heavy atom. The maximum atomic E-state index is 12.6. The molecule has 0 atom stereocenters. The average molecular weight is 456 g/mol. The summed E-state index contributed by atoms with van der Waals surface area (Å²) in [6.45, 7) is 1.70. The number of hydrogen-bond acceptors (Lipinski definition) is 4. The second-order valence-corrected chi connectivity index (χ2v) is 8.78. The van der Waals surface area contributed by atoms with Crippen molar-refractivity contribution in [2.75, 3.05) is 5.32 Å². The van der Waals surface area contributed by atoms with Gasteiger partial charge >= 0.3 is 0 Å². The van der Waals surface area contributed by atoms with Crippen LogP contribution in [0.1, 0.15) is 40.6 Å². The Hall–Kier alpha value is -2.38. The molecule has 1 aliphatic rings. The second-order valence-electron chi connectivity index (χ2n) is 6.72. The number of benzene rings is 2. The van der Waals surface area contributed by atoms with Crippen molar-refractivity contribution in [2.45, 2.75) is 35.5 Å². The normalized spacial score (nSPS) is 13.4. The smallest absolute Gasteiger partial charge is 0.264 e. The minimum absolute atomic E-state index is 0.0673. The van der Waals surface area contributed by atoms with Gasteiger partial charge in [0.2, 0.25) is 0 Å². The van der Waals surface area contributed by atoms with Crippen molar-refractivity contribution in [3.63, 3.8) is 0 Å². The first kappa shape index (κ1) is 19.0. The van der Waals surface area contributed by atoms with Gasteiger partial charge in [0.15, 0.2) is 0 Å². The molecule has 28 heavy (non-hydrogen) atoms. The zero-order valence-corrected chi connectivity index (χ0v) is 17.6. The molecule has 1 fully saturated rings. The highest BCUT2D eigenvalue weighted by Gasteiger charge is 2.28. The molecule has 3 aromatic rings. The number of carbonyl (C=O) groups is 1. The number of hydrogen-bond donors (Lipinski definition) is 2. The van der Waals surface area contributed by atoms with Crippen LogP contribution >= 0.6 is 27.7 Å². The number of aromatic amines is 1. The molecule has 5 nitrogen and oxygen atoms in total. The van der Waals surface area contributed by atoms with Crippen LogP contribution in [0.5, 0.6) is 0 Å². The Bertz CT molecular complexity index is 1070. The summed E-state index contributed by atoms with van der Waals surface area (Å²) < 4.78 is 1.04. The van der Waals surface area contributed by atoms with Gasteiger partial charge < -0.3 is 10.3 Å². The molecule has 0 spiro atoms. The Morgan fingerprint density at radius 2 is 1.71 bits per heavy atom. The number of carbonyl (C=O) groups excluding carboxylic acids is 1. The molecule has 0 bridgehead atoms. The van der Waals surface area contributed by atoms with Gasteiger partial charge in [-0.15, -0.1) is 0 Å². The summed E-state index contributed by atoms with van der Waals surface area (Å²) in [6.07, 6.45) is 2.08. The predicted molar refractivity (Wildman–Crippen MR) is 114 cm³/mol. The molecule has 7 heteroatoms. The number of aromatic nitrogens is 2. The first-order chi connectivity index (χ1) is 13.5. The van der Waals surface area contributed by atoms with Crippen LogP contribution in [0.4, 0.5) is 5.69 Å². The monoisotopic (exact) mass is 455 g/mol. The molecule has 1 aliphatic carbocycles. The minimum atomic E-state index is -0.443. The largest absolute Gasteiger partial charge is 0.322 e. The van der Waals surface area contributed by atoms with Crippen molar-refractivity contribution in [3.8, 4) is 0 Å². The number of nitrogens with zero attached hydrogens (tertiary/aromatic N) is 1. The number of H-pyrrole nitrogens is 1. The molecule has 2 aromatic carbocycles. The standard InChI is InChI=1S/C21H18BrN3O2S/c1-12-18(21(27)25-19(23-12)13-2-3-13)20(26)24-15-6-10-17(11-7-15)28-16-8-4-14(22)5-9-16/h4-11,13H,2-3H2,1H3,(H,24,26)(H,23,25,27). The van der Waals surface area contributed by atoms with Crippen LogP contribution in [0.2, 0.25) is 0 Å². The van der Waals surface area contributed by atoms with E-state index < -0.39 is 5.91 Å². The maximum Gasteiger partial charge on any atom is 0.264 e. The predicted octanol–water partition coefficient (Wildman–Crippen LogP) is 5.12. The van der Waals surface area contributed by atoms with E-state index in [-0.39, 0.29) is 11.1 Å². The highest BCUT2D eigenvalue weighted by atomic mass is 79.9. The van der Waals surface area contributed by atoms with Gasteiger partial charge in [0.05, 0.1) is 5.69 Å². The highest BCUT2D eigenvalue weighted by Crippen LogP contribution is 2.37. The lowest BCUT2D eigenvalue weighted by molar-refractivity contribution is 0.102. The fraction of sp³-hybridized carbons (Fsp3) is 0.190. The lowest BCUT2D eigenvalue weighted by Crippen LogP contribution is -2.27. The molecule has 1 saturated carbocycles. The summed E-state index contributed by atoms with van der Waals surface area (Å²) in [6, 6.07) is 15.6. The van der Waals surface area contributed by atoms with E-state index in [4.69, 9.17) is 0 Å². The van der Waals surface area contributed by atoms with Crippen molar-refractivity contribution in [2.24, 2.45) is 0 Å². The number of halogens is 1. The number of rotatable bonds is 5. The quantitative estimate of drug-likeness (QED) is 0.559. The first-order valence-electron chi connectivity index (χ1n) is 8.95. The summed E-state index contributed by atoms with van der Waals surface area (Å²) in [7, 11) is 0. The number of aryl methyl sites for hydroxylation is 1. The van der Waals surface area contributed by atoms with E-state index in [2.05, 4.69) is 31.2 Å². The van der Waals surface area contributed by atoms with Crippen LogP contribution in [0.15, 0.2) is 67.6 Å². The van der Waals surface area contributed by atoms with Crippen molar-refractivity contribution in [1.82, 2.24) is 9.97 Å². The zero-order chi connectivity index (χ0) is 19.7. The Morgan fingerprint density at radius 1 is 1.11 bits per heavy atom. The summed E-state index contributed by atoms with van der Waals surface area (Å²) in [5.74, 6) is 0.578. The van der Waals surface area contributed by atoms with Crippen LogP contribution in [-0.2, 0) is 0 Å². The second kappa shape index (κ2) is 7.93. The highest BCUT2D eigenvalue weighted by molar-refractivity contribution is 9.10. The van der Waals surface area contributed by atoms with Gasteiger partial charge in [0, 0.05) is 25.9 Å². The molecule has 0 saturated heterocycles. The SMILES string of the molecule is Cc1nc(C2CC2)[nH]c(=O)c1C(=O)Nc1ccc(Sc2ccc(Br)cc2)cc1. The van der Waals surface area contributed by atoms with Crippen molar-refractivity contribution in [1.29, 1.82) is 0 Å². The third-order valence-electron chi connectivity index (χ3n) is 4.47. The Kier molecular flexibility index (Phi) is 5.37. The molecule has 1 heterocycles. The molecular formula is C21H18BrN3O2S. The summed E-state index contributed by atoms with van der Waals surface area (Å²) in [5, 5.41) is 2.79. The maximum absolute atomic E-state index is 12.6. The van der Waals surface area contributed by atoms with E-state index in [1.165, 1.54) is 0 Å². The topological polar surface area (TPSA) is 74.8 Å². The van der Waals surface area contributed by atoms with E-state index in [1.54, 1.807) is 18.7 Å². The van der Waals surface area contributed by atoms with Gasteiger partial charge in [-0.2, -0.15) is 0 Å². The summed E-state index contributed by atoms with van der Waals surface area (Å²) in [5.41, 5.74) is 0.785. The molecule has 142 valence electrons. The van der Waals surface area contributed by atoms with Crippen molar-refractivity contribution < 1.29 is 4.79 Å². The van der Waals surface area contributed by atoms with E-state index in [0.717, 1.165) is 27.1 Å². The van der Waals surface area contributed by atoms with E-state index >= 15 is 0 Å².